The lowest BCUT2D eigenvalue weighted by atomic mass is 9.98. The van der Waals surface area contributed by atoms with Crippen LogP contribution >= 0.6 is 0 Å². The largest absolute Gasteiger partial charge is 0.475 e. The number of aromatic nitrogens is 1. The van der Waals surface area contributed by atoms with Gasteiger partial charge in [0, 0.05) is 30.8 Å². The molecule has 1 aliphatic carbocycles. The number of rotatable bonds is 4. The topological polar surface area (TPSA) is 92.8 Å². The molecule has 2 aliphatic heterocycles. The lowest BCUT2D eigenvalue weighted by Crippen LogP contribution is -2.48. The monoisotopic (exact) mass is 470 g/mol. The van der Waals surface area contributed by atoms with E-state index >= 15 is 0 Å². The Morgan fingerprint density at radius 1 is 1.26 bits per heavy atom. The summed E-state index contributed by atoms with van der Waals surface area (Å²) < 4.78 is 35.2. The third-order valence-corrected chi connectivity index (χ3v) is 6.47. The van der Waals surface area contributed by atoms with E-state index in [9.17, 15) is 18.4 Å². The number of pyridine rings is 1. The van der Waals surface area contributed by atoms with Crippen LogP contribution in [0.25, 0.3) is 5.57 Å². The number of amides is 2. The van der Waals surface area contributed by atoms with Crippen LogP contribution in [-0.4, -0.2) is 47.7 Å². The number of halogens is 2. The van der Waals surface area contributed by atoms with Crippen molar-refractivity contribution < 1.29 is 27.9 Å². The molecule has 0 saturated heterocycles. The van der Waals surface area contributed by atoms with Crippen molar-refractivity contribution in [1.29, 1.82) is 0 Å². The van der Waals surface area contributed by atoms with E-state index in [2.05, 4.69) is 15.6 Å². The molecule has 0 atom stereocenters. The van der Waals surface area contributed by atoms with Gasteiger partial charge in [0.2, 0.25) is 5.95 Å². The maximum atomic E-state index is 14.9. The lowest BCUT2D eigenvalue weighted by Gasteiger charge is -2.35. The van der Waals surface area contributed by atoms with Crippen molar-refractivity contribution in [2.24, 2.45) is 0 Å². The van der Waals surface area contributed by atoms with Gasteiger partial charge in [-0.25, -0.2) is 9.37 Å². The quantitative estimate of drug-likeness (QED) is 0.667. The van der Waals surface area contributed by atoms with Crippen LogP contribution in [0.15, 0.2) is 30.3 Å². The van der Waals surface area contributed by atoms with Crippen LogP contribution in [0, 0.1) is 11.8 Å². The van der Waals surface area contributed by atoms with Gasteiger partial charge in [-0.15, -0.1) is 0 Å². The number of nitrogens with one attached hydrogen (secondary N) is 2. The molecule has 0 radical (unpaired) electrons. The number of hydrogen-bond acceptors (Lipinski definition) is 6. The fourth-order valence-electron chi connectivity index (χ4n) is 4.57. The fraction of sp³-hybridized carbons (Fsp3) is 0.375. The van der Waals surface area contributed by atoms with Crippen LogP contribution in [-0.2, 0) is 16.2 Å². The summed E-state index contributed by atoms with van der Waals surface area (Å²) >= 11 is 0. The molecule has 8 nitrogen and oxygen atoms in total. The Hall–Kier alpha value is -3.37. The van der Waals surface area contributed by atoms with Gasteiger partial charge < -0.3 is 15.4 Å². The number of carbonyl (C=O) groups excluding carboxylic acids is 2. The van der Waals surface area contributed by atoms with Gasteiger partial charge >= 0.3 is 0 Å². The van der Waals surface area contributed by atoms with Crippen LogP contribution in [0.1, 0.15) is 47.3 Å². The van der Waals surface area contributed by atoms with Crippen LogP contribution in [0.5, 0.6) is 5.75 Å². The molecule has 3 heterocycles. The predicted octanol–water partition coefficient (Wildman–Crippen LogP) is 3.19. The van der Waals surface area contributed by atoms with Gasteiger partial charge in [-0.05, 0) is 49.5 Å². The smallest absolute Gasteiger partial charge is 0.269 e. The summed E-state index contributed by atoms with van der Waals surface area (Å²) in [4.78, 5) is 33.6. The van der Waals surface area contributed by atoms with E-state index in [-0.39, 0.29) is 36.9 Å². The highest BCUT2D eigenvalue weighted by Crippen LogP contribution is 2.43. The molecule has 10 heteroatoms. The Bertz CT molecular complexity index is 1190. The third kappa shape index (κ3) is 4.03. The van der Waals surface area contributed by atoms with Crippen LogP contribution in [0.4, 0.5) is 14.5 Å². The first-order chi connectivity index (χ1) is 16.4. The van der Waals surface area contributed by atoms with Crippen LogP contribution in [0.2, 0.25) is 0 Å². The van der Waals surface area contributed by atoms with E-state index in [0.717, 1.165) is 12.8 Å². The average molecular weight is 470 g/mol. The van der Waals surface area contributed by atoms with Gasteiger partial charge in [0.05, 0.1) is 18.8 Å². The van der Waals surface area contributed by atoms with Crippen molar-refractivity contribution in [1.82, 2.24) is 15.4 Å². The molecule has 0 bridgehead atoms. The highest BCUT2D eigenvalue weighted by molar-refractivity contribution is 6.01. The zero-order chi connectivity index (χ0) is 23.9. The molecule has 1 fully saturated rings. The zero-order valence-electron chi connectivity index (χ0n) is 18.6. The first kappa shape index (κ1) is 22.4. The van der Waals surface area contributed by atoms with Gasteiger partial charge in [-0.2, -0.15) is 9.45 Å². The summed E-state index contributed by atoms with van der Waals surface area (Å²) in [6, 6.07) is 5.80. The second-order valence-corrected chi connectivity index (χ2v) is 8.64. The first-order valence-corrected chi connectivity index (χ1v) is 11.2. The Morgan fingerprint density at radius 2 is 2.06 bits per heavy atom. The minimum atomic E-state index is -0.888. The summed E-state index contributed by atoms with van der Waals surface area (Å²) in [6.07, 6.45) is 4.84. The number of fused-ring (bicyclic) bond motifs is 1. The maximum absolute atomic E-state index is 14.9. The van der Waals surface area contributed by atoms with Gasteiger partial charge in [0.25, 0.3) is 11.8 Å². The maximum Gasteiger partial charge on any atom is 0.269 e. The highest BCUT2D eigenvalue weighted by atomic mass is 19.1. The van der Waals surface area contributed by atoms with Gasteiger partial charge in [-0.3, -0.25) is 14.4 Å². The Morgan fingerprint density at radius 3 is 2.74 bits per heavy atom. The number of benzene rings is 1. The minimum absolute atomic E-state index is 0.0134. The summed E-state index contributed by atoms with van der Waals surface area (Å²) in [7, 11) is 1.44. The lowest BCUT2D eigenvalue weighted by molar-refractivity contribution is -0.151. The molecule has 5 rings (SSSR count). The van der Waals surface area contributed by atoms with E-state index in [1.54, 1.807) is 17.2 Å². The average Bonchev–Trinajstić information content (AvgIpc) is 3.30. The van der Waals surface area contributed by atoms with Crippen molar-refractivity contribution in [3.8, 4) is 5.75 Å². The van der Waals surface area contributed by atoms with Gasteiger partial charge in [0.15, 0.2) is 5.60 Å². The second kappa shape index (κ2) is 8.77. The molecular weight excluding hydrogens is 446 g/mol. The molecule has 1 aromatic carbocycles. The summed E-state index contributed by atoms with van der Waals surface area (Å²) in [5.74, 6) is -1.54. The number of hydroxylamine groups is 2. The molecule has 1 saturated carbocycles. The zero-order valence-corrected chi connectivity index (χ0v) is 18.6. The van der Waals surface area contributed by atoms with Gasteiger partial charge in [-0.1, -0.05) is 6.08 Å². The molecule has 3 aliphatic rings. The Balaban J connectivity index is 1.28. The summed E-state index contributed by atoms with van der Waals surface area (Å²) in [5.41, 5.74) is 0.702. The normalized spacial score (nSPS) is 19.3. The van der Waals surface area contributed by atoms with Crippen LogP contribution in [0.3, 0.4) is 0 Å². The molecule has 34 heavy (non-hydrogen) atoms. The predicted molar refractivity (Wildman–Crippen MR) is 119 cm³/mol. The molecule has 2 N–H and O–H groups in total. The van der Waals surface area contributed by atoms with Gasteiger partial charge in [0.1, 0.15) is 17.3 Å². The Labute approximate surface area is 194 Å². The standard InChI is InChI=1S/C24H24F2N4O4/c1-27-22(31)18-5-4-16(21(26)28-18)14-6-9-30(33-13-14)12-15-10-19-20(11-17(15)25)34-24(23(32)29-19)7-2-3-8-24/h4-6,10-11H,2-3,7-9,12-13H2,1H3,(H,27,31)(H,29,32). The number of hydrogen-bond donors (Lipinski definition) is 2. The number of anilines is 1. The fourth-order valence-corrected chi connectivity index (χ4v) is 4.57. The van der Waals surface area contributed by atoms with Crippen LogP contribution < -0.4 is 15.4 Å². The molecule has 1 spiro atoms. The first-order valence-electron chi connectivity index (χ1n) is 11.2. The molecule has 0 unspecified atom stereocenters. The molecule has 2 aromatic rings. The Kier molecular flexibility index (Phi) is 5.78. The SMILES string of the molecule is CNC(=O)c1ccc(C2=CCN(Cc3cc4c(cc3F)OC3(CCCC3)C(=O)N4)OC2)c(F)n1. The molecule has 178 valence electrons. The van der Waals surface area contributed by atoms with E-state index in [1.807, 2.05) is 0 Å². The molecular formula is C24H24F2N4O4. The second-order valence-electron chi connectivity index (χ2n) is 8.64. The molecule has 1 aromatic heterocycles. The number of nitrogens with zero attached hydrogens (tertiary/aromatic N) is 2. The number of carbonyl (C=O) groups is 2. The number of ether oxygens (including phenoxy) is 1. The minimum Gasteiger partial charge on any atom is -0.475 e. The van der Waals surface area contributed by atoms with E-state index in [0.29, 0.717) is 35.4 Å². The third-order valence-electron chi connectivity index (χ3n) is 6.47. The van der Waals surface area contributed by atoms with Crippen molar-refractivity contribution in [2.45, 2.75) is 37.8 Å². The van der Waals surface area contributed by atoms with E-state index in [1.165, 1.54) is 25.2 Å². The summed E-state index contributed by atoms with van der Waals surface area (Å²) in [5, 5.41) is 6.81. The van der Waals surface area contributed by atoms with Crippen molar-refractivity contribution in [2.75, 3.05) is 25.5 Å². The highest BCUT2D eigenvalue weighted by Gasteiger charge is 2.47. The van der Waals surface area contributed by atoms with E-state index < -0.39 is 23.3 Å². The van der Waals surface area contributed by atoms with Crippen molar-refractivity contribution in [3.63, 3.8) is 0 Å². The van der Waals surface area contributed by atoms with Crippen molar-refractivity contribution in [3.05, 3.63) is 58.9 Å². The van der Waals surface area contributed by atoms with Crippen molar-refractivity contribution >= 4 is 23.1 Å². The summed E-state index contributed by atoms with van der Waals surface area (Å²) in [6.45, 7) is 0.474. The molecule has 2 amide bonds. The van der Waals surface area contributed by atoms with E-state index in [4.69, 9.17) is 9.57 Å².